The summed E-state index contributed by atoms with van der Waals surface area (Å²) in [6.45, 7) is 15.6. The lowest BCUT2D eigenvalue weighted by molar-refractivity contribution is -0.130. The number of amides is 1. The largest absolute Gasteiger partial charge is 0.381 e. The van der Waals surface area contributed by atoms with E-state index < -0.39 is 0 Å². The summed E-state index contributed by atoms with van der Waals surface area (Å²) in [6.07, 6.45) is 3.02. The Balaban J connectivity index is 3.28. The predicted octanol–water partition coefficient (Wildman–Crippen LogP) is 2.49. The van der Waals surface area contributed by atoms with Crippen LogP contribution in [0.5, 0.6) is 0 Å². The lowest BCUT2D eigenvalue weighted by atomic mass is 10.1. The third-order valence-electron chi connectivity index (χ3n) is 2.79. The maximum absolute atomic E-state index is 11.5. The van der Waals surface area contributed by atoms with Crippen molar-refractivity contribution in [3.63, 3.8) is 0 Å². The summed E-state index contributed by atoms with van der Waals surface area (Å²) in [7, 11) is 0. The van der Waals surface area contributed by atoms with Crippen molar-refractivity contribution in [2.24, 2.45) is 0 Å². The fourth-order valence-corrected chi connectivity index (χ4v) is 1.63. The highest BCUT2D eigenvalue weighted by Crippen LogP contribution is 2.05. The van der Waals surface area contributed by atoms with Crippen LogP contribution in [0.4, 0.5) is 0 Å². The highest BCUT2D eigenvalue weighted by atomic mass is 16.5. The third kappa shape index (κ3) is 17.4. The van der Waals surface area contributed by atoms with Gasteiger partial charge in [0.15, 0.2) is 0 Å². The van der Waals surface area contributed by atoms with Crippen LogP contribution in [-0.4, -0.2) is 50.0 Å². The molecule has 0 saturated carbocycles. The first-order valence-electron chi connectivity index (χ1n) is 8.33. The molecular weight excluding hydrogens is 280 g/mol. The van der Waals surface area contributed by atoms with Gasteiger partial charge in [-0.15, -0.1) is 0 Å². The lowest BCUT2D eigenvalue weighted by Crippen LogP contribution is -2.36. The van der Waals surface area contributed by atoms with Gasteiger partial charge in [-0.05, 0) is 67.3 Å². The van der Waals surface area contributed by atoms with Gasteiger partial charge in [-0.3, -0.25) is 4.79 Å². The molecule has 0 aliphatic heterocycles. The molecule has 0 aromatic rings. The number of nitrogens with one attached hydrogen (secondary N) is 2. The van der Waals surface area contributed by atoms with E-state index in [4.69, 9.17) is 9.47 Å². The average molecular weight is 316 g/mol. The van der Waals surface area contributed by atoms with Crippen LogP contribution in [0, 0.1) is 0 Å². The number of carbonyl (C=O) groups excluding carboxylic acids is 1. The van der Waals surface area contributed by atoms with Crippen molar-refractivity contribution in [1.29, 1.82) is 0 Å². The van der Waals surface area contributed by atoms with Crippen LogP contribution >= 0.6 is 0 Å². The van der Waals surface area contributed by atoms with E-state index in [2.05, 4.69) is 31.4 Å². The summed E-state index contributed by atoms with van der Waals surface area (Å²) in [5.41, 5.74) is -0.0853. The Morgan fingerprint density at radius 1 is 0.909 bits per heavy atom. The van der Waals surface area contributed by atoms with E-state index in [0.717, 1.165) is 32.4 Å². The zero-order valence-corrected chi connectivity index (χ0v) is 15.4. The van der Waals surface area contributed by atoms with Gasteiger partial charge in [-0.25, -0.2) is 0 Å². The first-order valence-corrected chi connectivity index (χ1v) is 8.33. The summed E-state index contributed by atoms with van der Waals surface area (Å²) in [4.78, 5) is 11.5. The topological polar surface area (TPSA) is 59.6 Å². The van der Waals surface area contributed by atoms with Gasteiger partial charge in [0.2, 0.25) is 5.91 Å². The predicted molar refractivity (Wildman–Crippen MR) is 91.1 cm³/mol. The first-order chi connectivity index (χ1) is 10.1. The fourth-order valence-electron chi connectivity index (χ4n) is 1.63. The molecule has 0 aliphatic carbocycles. The van der Waals surface area contributed by atoms with Gasteiger partial charge in [-0.2, -0.15) is 0 Å². The minimum absolute atomic E-state index is 0.0665. The van der Waals surface area contributed by atoms with Crippen LogP contribution in [0.2, 0.25) is 0 Å². The van der Waals surface area contributed by atoms with E-state index in [-0.39, 0.29) is 23.7 Å². The normalized spacial score (nSPS) is 12.5. The molecule has 0 radical (unpaired) electrons. The molecule has 132 valence electrons. The van der Waals surface area contributed by atoms with Gasteiger partial charge in [0.05, 0.1) is 5.60 Å². The molecule has 0 aliphatic rings. The van der Waals surface area contributed by atoms with Gasteiger partial charge in [0, 0.05) is 25.3 Å². The van der Waals surface area contributed by atoms with E-state index in [1.54, 1.807) is 0 Å². The van der Waals surface area contributed by atoms with Crippen molar-refractivity contribution in [3.8, 4) is 0 Å². The molecule has 0 saturated heterocycles. The van der Waals surface area contributed by atoms with Crippen LogP contribution in [0.15, 0.2) is 0 Å². The molecule has 0 atom stereocenters. The molecule has 0 fully saturated rings. The summed E-state index contributed by atoms with van der Waals surface area (Å²) < 4.78 is 11.0. The highest BCUT2D eigenvalue weighted by molar-refractivity contribution is 5.77. The Bertz CT molecular complexity index is 293. The Labute approximate surface area is 136 Å². The van der Waals surface area contributed by atoms with Crippen molar-refractivity contribution in [3.05, 3.63) is 0 Å². The second-order valence-electron chi connectivity index (χ2n) is 7.60. The molecule has 5 heteroatoms. The minimum Gasteiger partial charge on any atom is -0.381 e. The molecular formula is C17H36N2O3. The number of rotatable bonds is 11. The zero-order valence-electron chi connectivity index (χ0n) is 15.4. The molecule has 5 nitrogen and oxygen atoms in total. The van der Waals surface area contributed by atoms with E-state index in [1.165, 1.54) is 0 Å². The van der Waals surface area contributed by atoms with Crippen molar-refractivity contribution in [2.75, 3.05) is 32.9 Å². The van der Waals surface area contributed by atoms with Gasteiger partial charge in [-0.1, -0.05) is 0 Å². The smallest absolute Gasteiger partial charge is 0.246 e. The van der Waals surface area contributed by atoms with Crippen LogP contribution in [-0.2, 0) is 14.3 Å². The molecule has 0 aromatic heterocycles. The quantitative estimate of drug-likeness (QED) is 0.575. The number of hydrogen-bond acceptors (Lipinski definition) is 4. The maximum Gasteiger partial charge on any atom is 0.246 e. The number of carbonyl (C=O) groups is 1. The summed E-state index contributed by atoms with van der Waals surface area (Å²) in [5.74, 6) is -0.0665. The van der Waals surface area contributed by atoms with Crippen molar-refractivity contribution < 1.29 is 14.3 Å². The summed E-state index contributed by atoms with van der Waals surface area (Å²) in [5, 5.41) is 6.28. The van der Waals surface area contributed by atoms with Crippen LogP contribution < -0.4 is 10.6 Å². The van der Waals surface area contributed by atoms with Crippen molar-refractivity contribution in [1.82, 2.24) is 10.6 Å². The van der Waals surface area contributed by atoms with Crippen LogP contribution in [0.1, 0.15) is 60.8 Å². The Hall–Kier alpha value is -0.650. The standard InChI is InChI=1S/C17H36N2O3/c1-16(2,3)19-11-7-8-12-21-13-9-10-18-15(20)14-22-17(4,5)6/h19H,7-14H2,1-6H3,(H,18,20). The molecule has 0 bridgehead atoms. The lowest BCUT2D eigenvalue weighted by Gasteiger charge is -2.20. The summed E-state index contributed by atoms with van der Waals surface area (Å²) >= 11 is 0. The molecule has 0 unspecified atom stereocenters. The van der Waals surface area contributed by atoms with Crippen molar-refractivity contribution >= 4 is 5.91 Å². The Morgan fingerprint density at radius 2 is 1.55 bits per heavy atom. The molecule has 2 N–H and O–H groups in total. The molecule has 0 aromatic carbocycles. The minimum atomic E-state index is -0.275. The Kier molecular flexibility index (Phi) is 10.6. The molecule has 1 amide bonds. The molecule has 0 heterocycles. The monoisotopic (exact) mass is 316 g/mol. The maximum atomic E-state index is 11.5. The number of unbranched alkanes of at least 4 members (excludes halogenated alkanes) is 1. The van der Waals surface area contributed by atoms with Gasteiger partial charge in [0.1, 0.15) is 6.61 Å². The number of ether oxygens (including phenoxy) is 2. The van der Waals surface area contributed by atoms with E-state index in [0.29, 0.717) is 13.2 Å². The fraction of sp³-hybridized carbons (Fsp3) is 0.941. The summed E-state index contributed by atoms with van der Waals surface area (Å²) in [6, 6.07) is 0. The van der Waals surface area contributed by atoms with Gasteiger partial charge < -0.3 is 20.1 Å². The molecule has 0 spiro atoms. The van der Waals surface area contributed by atoms with E-state index in [9.17, 15) is 4.79 Å². The highest BCUT2D eigenvalue weighted by Gasteiger charge is 2.12. The van der Waals surface area contributed by atoms with E-state index in [1.807, 2.05) is 20.8 Å². The van der Waals surface area contributed by atoms with Gasteiger partial charge in [0.25, 0.3) is 0 Å². The second kappa shape index (κ2) is 11.0. The van der Waals surface area contributed by atoms with Crippen LogP contribution in [0.25, 0.3) is 0 Å². The molecule has 0 rings (SSSR count). The Morgan fingerprint density at radius 3 is 2.14 bits per heavy atom. The second-order valence-corrected chi connectivity index (χ2v) is 7.60. The third-order valence-corrected chi connectivity index (χ3v) is 2.79. The van der Waals surface area contributed by atoms with E-state index >= 15 is 0 Å². The van der Waals surface area contributed by atoms with Crippen LogP contribution in [0.3, 0.4) is 0 Å². The van der Waals surface area contributed by atoms with Gasteiger partial charge >= 0.3 is 0 Å². The SMILES string of the molecule is CC(C)(C)NCCCCOCCCNC(=O)COC(C)(C)C. The average Bonchev–Trinajstić information content (AvgIpc) is 2.36. The zero-order chi connectivity index (χ0) is 17.1. The van der Waals surface area contributed by atoms with Crippen molar-refractivity contribution in [2.45, 2.75) is 71.9 Å². The number of hydrogen-bond donors (Lipinski definition) is 2. The first kappa shape index (κ1) is 21.4. The molecule has 22 heavy (non-hydrogen) atoms.